The molecule has 0 radical (unpaired) electrons. The molecule has 0 N–H and O–H groups in total. The van der Waals surface area contributed by atoms with Crippen molar-refractivity contribution < 1.29 is 14.2 Å². The normalized spacial score (nSPS) is 18.1. The Bertz CT molecular complexity index is 2160. The minimum absolute atomic E-state index is 0.0478. The molecule has 0 fully saturated rings. The predicted octanol–water partition coefficient (Wildman–Crippen LogP) is 9.44. The topological polar surface area (TPSA) is 35.9 Å². The van der Waals surface area contributed by atoms with Gasteiger partial charge in [0, 0.05) is 39.7 Å². The van der Waals surface area contributed by atoms with Gasteiger partial charge in [-0.05, 0) is 60.7 Å². The Hall–Kier alpha value is -5.42. The zero-order valence-corrected chi connectivity index (χ0v) is 21.8. The van der Waals surface area contributed by atoms with Gasteiger partial charge in [-0.3, -0.25) is 4.57 Å². The maximum atomic E-state index is 6.63. The Balaban J connectivity index is 1.24. The van der Waals surface area contributed by atoms with E-state index in [4.69, 9.17) is 14.2 Å². The van der Waals surface area contributed by atoms with Gasteiger partial charge in [0.15, 0.2) is 23.0 Å². The van der Waals surface area contributed by atoms with Crippen LogP contribution in [0, 0.1) is 0 Å². The highest BCUT2D eigenvalue weighted by molar-refractivity contribution is 6.16. The van der Waals surface area contributed by atoms with E-state index in [-0.39, 0.29) is 12.0 Å². The molecule has 0 bridgehead atoms. The van der Waals surface area contributed by atoms with Crippen LogP contribution in [0.25, 0.3) is 27.5 Å². The SMILES string of the molecule is C1=CC2Oc3ccc(N(c4ccccc4)c4cc5c6c(c4)c4cccc7c4n6-c4c(cccc4O5)O7)cc3C2C=C1. The average molecular weight is 531 g/mol. The first-order valence-corrected chi connectivity index (χ1v) is 13.9. The van der Waals surface area contributed by atoms with E-state index in [0.717, 1.165) is 73.3 Å². The Morgan fingerprint density at radius 2 is 1.34 bits per heavy atom. The summed E-state index contributed by atoms with van der Waals surface area (Å²) in [6.07, 6.45) is 8.60. The molecule has 3 aliphatic heterocycles. The Kier molecular flexibility index (Phi) is 3.97. The van der Waals surface area contributed by atoms with Gasteiger partial charge in [-0.1, -0.05) is 54.6 Å². The fourth-order valence-electron chi connectivity index (χ4n) is 6.94. The number of nitrogens with zero attached hydrogens (tertiary/aromatic N) is 2. The summed E-state index contributed by atoms with van der Waals surface area (Å²) in [5, 5.41) is 2.27. The van der Waals surface area contributed by atoms with Gasteiger partial charge in [0.05, 0.1) is 16.7 Å². The van der Waals surface area contributed by atoms with Crippen LogP contribution in [0.5, 0.6) is 28.7 Å². The molecule has 6 aromatic rings. The Labute approximate surface area is 235 Å². The first kappa shape index (κ1) is 21.4. The van der Waals surface area contributed by atoms with E-state index < -0.39 is 0 Å². The molecule has 10 rings (SSSR count). The number of fused-ring (bicyclic) bond motifs is 4. The van der Waals surface area contributed by atoms with Gasteiger partial charge >= 0.3 is 0 Å². The highest BCUT2D eigenvalue weighted by Gasteiger charge is 2.34. The quantitative estimate of drug-likeness (QED) is 0.228. The zero-order valence-electron chi connectivity index (χ0n) is 21.8. The molecule has 41 heavy (non-hydrogen) atoms. The van der Waals surface area contributed by atoms with Crippen LogP contribution in [0.3, 0.4) is 0 Å². The van der Waals surface area contributed by atoms with Crippen LogP contribution < -0.4 is 19.1 Å². The molecule has 0 saturated heterocycles. The van der Waals surface area contributed by atoms with Crippen molar-refractivity contribution in [2.75, 3.05) is 4.90 Å². The minimum atomic E-state index is 0.0478. The molecule has 0 spiro atoms. The molecule has 5 heteroatoms. The number of hydrogen-bond donors (Lipinski definition) is 0. The summed E-state index contributed by atoms with van der Waals surface area (Å²) in [5.41, 5.74) is 7.49. The molecular weight excluding hydrogens is 508 g/mol. The van der Waals surface area contributed by atoms with Crippen molar-refractivity contribution in [2.45, 2.75) is 12.0 Å². The maximum absolute atomic E-state index is 6.63. The highest BCUT2D eigenvalue weighted by atomic mass is 16.5. The van der Waals surface area contributed by atoms with Gasteiger partial charge in [-0.25, -0.2) is 0 Å². The number of benzene rings is 5. The van der Waals surface area contributed by atoms with Crippen LogP contribution >= 0.6 is 0 Å². The molecule has 1 aromatic heterocycles. The molecule has 0 amide bonds. The van der Waals surface area contributed by atoms with E-state index in [1.54, 1.807) is 0 Å². The van der Waals surface area contributed by atoms with Crippen LogP contribution in [0.15, 0.2) is 121 Å². The van der Waals surface area contributed by atoms with Crippen LogP contribution in [-0.2, 0) is 0 Å². The lowest BCUT2D eigenvalue weighted by atomic mass is 9.91. The summed E-state index contributed by atoms with van der Waals surface area (Å²) in [7, 11) is 0. The van der Waals surface area contributed by atoms with Crippen molar-refractivity contribution in [3.8, 4) is 34.4 Å². The van der Waals surface area contributed by atoms with Gasteiger partial charge < -0.3 is 19.1 Å². The van der Waals surface area contributed by atoms with Crippen LogP contribution in [0.1, 0.15) is 11.5 Å². The van der Waals surface area contributed by atoms with Crippen LogP contribution in [0.2, 0.25) is 0 Å². The Morgan fingerprint density at radius 1 is 0.561 bits per heavy atom. The van der Waals surface area contributed by atoms with Crippen molar-refractivity contribution in [3.63, 3.8) is 0 Å². The molecule has 0 saturated carbocycles. The smallest absolute Gasteiger partial charge is 0.155 e. The molecular formula is C36H22N2O3. The number of anilines is 3. The third-order valence-corrected chi connectivity index (χ3v) is 8.65. The van der Waals surface area contributed by atoms with E-state index in [1.165, 1.54) is 5.56 Å². The summed E-state index contributed by atoms with van der Waals surface area (Å²) in [6.45, 7) is 0. The summed E-state index contributed by atoms with van der Waals surface area (Å²) in [6, 6.07) is 33.8. The first-order chi connectivity index (χ1) is 20.3. The molecule has 4 aliphatic rings. The summed E-state index contributed by atoms with van der Waals surface area (Å²) in [4.78, 5) is 2.31. The number of aromatic nitrogens is 1. The fourth-order valence-corrected chi connectivity index (χ4v) is 6.94. The van der Waals surface area contributed by atoms with Crippen molar-refractivity contribution in [3.05, 3.63) is 127 Å². The van der Waals surface area contributed by atoms with Gasteiger partial charge in [0.1, 0.15) is 17.5 Å². The van der Waals surface area contributed by atoms with Crippen molar-refractivity contribution in [1.29, 1.82) is 0 Å². The lowest BCUT2D eigenvalue weighted by molar-refractivity contribution is 0.269. The molecule has 1 aliphatic carbocycles. The third kappa shape index (κ3) is 2.80. The number of ether oxygens (including phenoxy) is 3. The molecule has 5 nitrogen and oxygen atoms in total. The largest absolute Gasteiger partial charge is 0.485 e. The predicted molar refractivity (Wildman–Crippen MR) is 161 cm³/mol. The van der Waals surface area contributed by atoms with E-state index in [9.17, 15) is 0 Å². The second-order valence-corrected chi connectivity index (χ2v) is 10.9. The van der Waals surface area contributed by atoms with Crippen molar-refractivity contribution in [1.82, 2.24) is 4.57 Å². The van der Waals surface area contributed by atoms with Crippen LogP contribution in [0.4, 0.5) is 17.1 Å². The van der Waals surface area contributed by atoms with Crippen LogP contribution in [-0.4, -0.2) is 10.7 Å². The van der Waals surface area contributed by atoms with Gasteiger partial charge in [0.2, 0.25) is 0 Å². The second-order valence-electron chi connectivity index (χ2n) is 10.9. The third-order valence-electron chi connectivity index (χ3n) is 8.65. The Morgan fingerprint density at radius 3 is 2.24 bits per heavy atom. The lowest BCUT2D eigenvalue weighted by Crippen LogP contribution is -2.15. The van der Waals surface area contributed by atoms with E-state index in [0.29, 0.717) is 0 Å². The summed E-state index contributed by atoms with van der Waals surface area (Å²) in [5.74, 6) is 4.46. The number of allylic oxidation sites excluding steroid dienone is 2. The van der Waals surface area contributed by atoms with E-state index in [1.807, 2.05) is 24.3 Å². The second kappa shape index (κ2) is 7.61. The first-order valence-electron chi connectivity index (χ1n) is 13.9. The highest BCUT2D eigenvalue weighted by Crippen LogP contribution is 2.55. The van der Waals surface area contributed by atoms with Crippen molar-refractivity contribution in [2.24, 2.45) is 0 Å². The van der Waals surface area contributed by atoms with Gasteiger partial charge in [-0.15, -0.1) is 0 Å². The maximum Gasteiger partial charge on any atom is 0.155 e. The van der Waals surface area contributed by atoms with E-state index >= 15 is 0 Å². The minimum Gasteiger partial charge on any atom is -0.485 e. The molecule has 194 valence electrons. The average Bonchev–Trinajstić information content (AvgIpc) is 3.55. The summed E-state index contributed by atoms with van der Waals surface area (Å²) >= 11 is 0. The molecule has 2 atom stereocenters. The number of rotatable bonds is 3. The van der Waals surface area contributed by atoms with Gasteiger partial charge in [-0.2, -0.15) is 0 Å². The molecule has 2 unspecified atom stereocenters. The zero-order chi connectivity index (χ0) is 26.7. The van der Waals surface area contributed by atoms with Crippen molar-refractivity contribution >= 4 is 38.9 Å². The molecule has 4 heterocycles. The molecule has 5 aromatic carbocycles. The monoisotopic (exact) mass is 530 g/mol. The van der Waals surface area contributed by atoms with E-state index in [2.05, 4.69) is 107 Å². The summed E-state index contributed by atoms with van der Waals surface area (Å²) < 4.78 is 21.6. The number of para-hydroxylation sites is 3. The number of hydrogen-bond acceptors (Lipinski definition) is 4. The standard InChI is InChI=1S/C36H22N2O3/c1-2-8-21(9-3-1)37(22-16-17-29-26(18-22)24-10-4-5-12-28(24)39-29)23-19-27-25-11-6-13-30-34(25)38-35(27)33(20-23)41-32-15-7-14-31(40-30)36(32)38/h1-20,24,28H. The van der Waals surface area contributed by atoms with Gasteiger partial charge in [0.25, 0.3) is 0 Å². The lowest BCUT2D eigenvalue weighted by Gasteiger charge is -2.29. The fraction of sp³-hybridized carbons (Fsp3) is 0.0556.